The van der Waals surface area contributed by atoms with Crippen LogP contribution >= 0.6 is 0 Å². The van der Waals surface area contributed by atoms with Crippen molar-refractivity contribution in [3.8, 4) is 11.3 Å². The maximum Gasteiger partial charge on any atom is 0.259 e. The highest BCUT2D eigenvalue weighted by Gasteiger charge is 2.44. The number of aromatic nitrogens is 3. The van der Waals surface area contributed by atoms with Gasteiger partial charge in [0.05, 0.1) is 24.0 Å². The van der Waals surface area contributed by atoms with Crippen molar-refractivity contribution in [3.05, 3.63) is 112 Å². The van der Waals surface area contributed by atoms with Crippen LogP contribution in [0.25, 0.3) is 11.3 Å². The molecule has 1 saturated carbocycles. The quantitative estimate of drug-likeness (QED) is 0.329. The van der Waals surface area contributed by atoms with E-state index in [1.807, 2.05) is 48.5 Å². The third kappa shape index (κ3) is 3.95. The normalized spacial score (nSPS) is 15.8. The molecule has 6 nitrogen and oxygen atoms in total. The number of pyridine rings is 1. The van der Waals surface area contributed by atoms with E-state index in [0.717, 1.165) is 60.1 Å². The van der Waals surface area contributed by atoms with E-state index in [-0.39, 0.29) is 11.0 Å². The van der Waals surface area contributed by atoms with E-state index < -0.39 is 0 Å². The van der Waals surface area contributed by atoms with E-state index in [4.69, 9.17) is 4.98 Å². The second-order valence-electron chi connectivity index (χ2n) is 9.51. The molecule has 1 N–H and O–H groups in total. The highest BCUT2D eigenvalue weighted by Crippen LogP contribution is 2.49. The van der Waals surface area contributed by atoms with Gasteiger partial charge >= 0.3 is 0 Å². The first-order valence-corrected chi connectivity index (χ1v) is 12.2. The highest BCUT2D eigenvalue weighted by molar-refractivity contribution is 5.79. The Labute approximate surface area is 204 Å². The molecule has 1 spiro atoms. The minimum atomic E-state index is -0.134. The van der Waals surface area contributed by atoms with Crippen molar-refractivity contribution in [2.24, 2.45) is 5.10 Å². The third-order valence-corrected chi connectivity index (χ3v) is 7.33. The van der Waals surface area contributed by atoms with E-state index >= 15 is 0 Å². The lowest BCUT2D eigenvalue weighted by Gasteiger charge is -2.36. The number of nitrogens with one attached hydrogen (secondary N) is 1. The Kier molecular flexibility index (Phi) is 5.49. The summed E-state index contributed by atoms with van der Waals surface area (Å²) in [6.45, 7) is 0.435. The lowest BCUT2D eigenvalue weighted by molar-refractivity contribution is 0.422. The third-order valence-electron chi connectivity index (χ3n) is 7.33. The molecule has 2 heterocycles. The molecule has 2 aromatic carbocycles. The number of fused-ring (bicyclic) bond motifs is 4. The van der Waals surface area contributed by atoms with Gasteiger partial charge in [-0.3, -0.25) is 14.3 Å². The first kappa shape index (κ1) is 21.5. The maximum atomic E-state index is 14.3. The SMILES string of the molecule is O=c1c2c(nc(N/N=C\c3ccncc3)n1Cc1ccccc1)-c1ccccc1CC21CCCC1. The van der Waals surface area contributed by atoms with Crippen LogP contribution in [0.4, 0.5) is 5.95 Å². The van der Waals surface area contributed by atoms with Crippen LogP contribution in [0.2, 0.25) is 0 Å². The van der Waals surface area contributed by atoms with Gasteiger partial charge in [0.15, 0.2) is 0 Å². The predicted molar refractivity (Wildman–Crippen MR) is 139 cm³/mol. The van der Waals surface area contributed by atoms with Gasteiger partial charge in [0.1, 0.15) is 0 Å². The second-order valence-corrected chi connectivity index (χ2v) is 9.51. The molecule has 174 valence electrons. The van der Waals surface area contributed by atoms with Crippen molar-refractivity contribution in [1.29, 1.82) is 0 Å². The average molecular weight is 462 g/mol. The van der Waals surface area contributed by atoms with Crippen LogP contribution in [0.5, 0.6) is 0 Å². The van der Waals surface area contributed by atoms with Crippen molar-refractivity contribution in [2.45, 2.75) is 44.1 Å². The van der Waals surface area contributed by atoms with Gasteiger partial charge < -0.3 is 0 Å². The summed E-state index contributed by atoms with van der Waals surface area (Å²) >= 11 is 0. The molecule has 4 aromatic rings. The molecule has 0 amide bonds. The van der Waals surface area contributed by atoms with E-state index in [0.29, 0.717) is 12.5 Å². The molecule has 2 aromatic heterocycles. The first-order chi connectivity index (χ1) is 17.2. The van der Waals surface area contributed by atoms with Gasteiger partial charge in [-0.1, -0.05) is 67.4 Å². The number of hydrazone groups is 1. The molecule has 0 atom stereocenters. The molecule has 0 bridgehead atoms. The fourth-order valence-electron chi connectivity index (χ4n) is 5.68. The summed E-state index contributed by atoms with van der Waals surface area (Å²) in [5, 5.41) is 4.42. The summed E-state index contributed by atoms with van der Waals surface area (Å²) in [4.78, 5) is 23.4. The molecule has 0 unspecified atom stereocenters. The Hall–Kier alpha value is -4.06. The molecule has 0 radical (unpaired) electrons. The van der Waals surface area contributed by atoms with Crippen molar-refractivity contribution < 1.29 is 0 Å². The summed E-state index contributed by atoms with van der Waals surface area (Å²) in [5.74, 6) is 0.452. The van der Waals surface area contributed by atoms with E-state index in [9.17, 15) is 4.79 Å². The molecule has 6 heteroatoms. The Morgan fingerprint density at radius 1 is 0.971 bits per heavy atom. The lowest BCUT2D eigenvalue weighted by atomic mass is 9.68. The molecule has 0 aliphatic heterocycles. The maximum absolute atomic E-state index is 14.3. The molecule has 6 rings (SSSR count). The number of hydrogen-bond acceptors (Lipinski definition) is 5. The predicted octanol–water partition coefficient (Wildman–Crippen LogP) is 5.17. The topological polar surface area (TPSA) is 72.2 Å². The lowest BCUT2D eigenvalue weighted by Crippen LogP contribution is -2.40. The van der Waals surface area contributed by atoms with Crippen LogP contribution in [0.3, 0.4) is 0 Å². The molecule has 1 fully saturated rings. The van der Waals surface area contributed by atoms with Gasteiger partial charge in [-0.25, -0.2) is 10.4 Å². The average Bonchev–Trinajstić information content (AvgIpc) is 3.35. The fourth-order valence-corrected chi connectivity index (χ4v) is 5.68. The summed E-state index contributed by atoms with van der Waals surface area (Å²) in [6, 6.07) is 22.2. The molecular weight excluding hydrogens is 434 g/mol. The minimum absolute atomic E-state index is 0.0388. The smallest absolute Gasteiger partial charge is 0.259 e. The zero-order valence-corrected chi connectivity index (χ0v) is 19.5. The highest BCUT2D eigenvalue weighted by atomic mass is 16.1. The molecule has 2 aliphatic rings. The standard InChI is InChI=1S/C29H27N5O/c35-27-25-26(24-11-5-4-10-23(24)18-29(25)14-6-7-15-29)32-28(33-31-19-21-12-16-30-17-13-21)34(27)20-22-8-2-1-3-9-22/h1-5,8-13,16-17,19H,6-7,14-15,18,20H2,(H,32,33)/b31-19-. The summed E-state index contributed by atoms with van der Waals surface area (Å²) in [5.41, 5.74) is 8.98. The van der Waals surface area contributed by atoms with Gasteiger partial charge in [0, 0.05) is 23.4 Å². The van der Waals surface area contributed by atoms with Crippen LogP contribution in [-0.2, 0) is 18.4 Å². The monoisotopic (exact) mass is 461 g/mol. The summed E-state index contributed by atoms with van der Waals surface area (Å²) < 4.78 is 1.76. The Bertz CT molecular complexity index is 1440. The van der Waals surface area contributed by atoms with Gasteiger partial charge in [-0.05, 0) is 48.1 Å². The number of hydrogen-bond donors (Lipinski definition) is 1. The molecule has 2 aliphatic carbocycles. The molecule has 0 saturated heterocycles. The van der Waals surface area contributed by atoms with Gasteiger partial charge in [0.25, 0.3) is 5.56 Å². The van der Waals surface area contributed by atoms with Crippen LogP contribution in [0.1, 0.15) is 47.9 Å². The van der Waals surface area contributed by atoms with Crippen molar-refractivity contribution >= 4 is 12.2 Å². The minimum Gasteiger partial charge on any atom is -0.273 e. The second kappa shape index (κ2) is 8.95. The Balaban J connectivity index is 1.52. The zero-order valence-electron chi connectivity index (χ0n) is 19.5. The van der Waals surface area contributed by atoms with Gasteiger partial charge in [-0.2, -0.15) is 5.10 Å². The van der Waals surface area contributed by atoms with Crippen molar-refractivity contribution in [2.75, 3.05) is 5.43 Å². The number of anilines is 1. The summed E-state index contributed by atoms with van der Waals surface area (Å²) in [6.07, 6.45) is 10.4. The van der Waals surface area contributed by atoms with Crippen molar-refractivity contribution in [1.82, 2.24) is 14.5 Å². The van der Waals surface area contributed by atoms with Gasteiger partial charge in [-0.15, -0.1) is 0 Å². The zero-order chi connectivity index (χ0) is 23.7. The molecular formula is C29H27N5O. The molecule has 35 heavy (non-hydrogen) atoms. The first-order valence-electron chi connectivity index (χ1n) is 12.2. The van der Waals surface area contributed by atoms with Crippen LogP contribution in [-0.4, -0.2) is 20.7 Å². The van der Waals surface area contributed by atoms with Crippen LogP contribution in [0, 0.1) is 0 Å². The number of nitrogens with zero attached hydrogens (tertiary/aromatic N) is 4. The Morgan fingerprint density at radius 3 is 2.51 bits per heavy atom. The van der Waals surface area contributed by atoms with Crippen LogP contribution in [0.15, 0.2) is 89.0 Å². The van der Waals surface area contributed by atoms with Crippen LogP contribution < -0.4 is 11.0 Å². The van der Waals surface area contributed by atoms with Crippen molar-refractivity contribution in [3.63, 3.8) is 0 Å². The number of rotatable bonds is 5. The van der Waals surface area contributed by atoms with Gasteiger partial charge in [0.2, 0.25) is 5.95 Å². The van der Waals surface area contributed by atoms with E-state index in [1.165, 1.54) is 5.56 Å². The largest absolute Gasteiger partial charge is 0.273 e. The van der Waals surface area contributed by atoms with E-state index in [1.54, 1.807) is 23.2 Å². The van der Waals surface area contributed by atoms with E-state index in [2.05, 4.69) is 33.7 Å². The Morgan fingerprint density at radius 2 is 1.71 bits per heavy atom. The number of benzene rings is 2. The summed E-state index contributed by atoms with van der Waals surface area (Å²) in [7, 11) is 0. The fraction of sp³-hybridized carbons (Fsp3) is 0.241.